The fraction of sp³-hybridized carbons (Fsp3) is 0.0556. The van der Waals surface area contributed by atoms with Crippen LogP contribution < -0.4 is 17.0 Å². The quantitative estimate of drug-likeness (QED) is 0.489. The van der Waals surface area contributed by atoms with Crippen LogP contribution in [0.3, 0.4) is 0 Å². The largest absolute Gasteiger partial charge is 0.494 e. The fourth-order valence-corrected chi connectivity index (χ4v) is 2.35. The molecule has 7 nitrogen and oxygen atoms in total. The van der Waals surface area contributed by atoms with Crippen molar-refractivity contribution in [1.82, 2.24) is 9.55 Å². The highest BCUT2D eigenvalue weighted by atomic mass is 19.1. The highest BCUT2D eigenvalue weighted by Crippen LogP contribution is 2.17. The van der Waals surface area contributed by atoms with E-state index in [1.54, 1.807) is 24.3 Å². The number of nitrogens with two attached hydrogens (primary N) is 1. The van der Waals surface area contributed by atoms with Crippen LogP contribution in [0.5, 0.6) is 5.88 Å². The van der Waals surface area contributed by atoms with E-state index in [2.05, 4.69) is 9.98 Å². The molecule has 3 rings (SSSR count). The zero-order chi connectivity index (χ0) is 18.7. The number of anilines is 1. The van der Waals surface area contributed by atoms with Crippen molar-refractivity contribution in [2.75, 3.05) is 5.73 Å². The number of nitrogens with one attached hydrogen (secondary N) is 1. The van der Waals surface area contributed by atoms with E-state index in [4.69, 9.17) is 5.73 Å². The Labute approximate surface area is 146 Å². The Morgan fingerprint density at radius 3 is 2.62 bits per heavy atom. The molecule has 0 bridgehead atoms. The molecule has 0 spiro atoms. The Morgan fingerprint density at radius 2 is 1.92 bits per heavy atom. The molecule has 132 valence electrons. The van der Waals surface area contributed by atoms with Crippen molar-refractivity contribution in [2.24, 2.45) is 4.99 Å². The summed E-state index contributed by atoms with van der Waals surface area (Å²) >= 11 is 0. The molecular weight excluding hydrogens is 339 g/mol. The summed E-state index contributed by atoms with van der Waals surface area (Å²) in [6, 6.07) is 12.1. The van der Waals surface area contributed by atoms with Gasteiger partial charge in [-0.1, -0.05) is 18.2 Å². The second-order valence-corrected chi connectivity index (χ2v) is 5.56. The lowest BCUT2D eigenvalue weighted by atomic mass is 10.2. The molecule has 8 heteroatoms. The van der Waals surface area contributed by atoms with Crippen LogP contribution in [0.4, 0.5) is 15.8 Å². The van der Waals surface area contributed by atoms with Crippen molar-refractivity contribution in [3.8, 4) is 5.88 Å². The zero-order valence-corrected chi connectivity index (χ0v) is 13.5. The zero-order valence-electron chi connectivity index (χ0n) is 13.5. The lowest BCUT2D eigenvalue weighted by molar-refractivity contribution is 0.408. The van der Waals surface area contributed by atoms with E-state index in [0.717, 1.165) is 10.8 Å². The van der Waals surface area contributed by atoms with Gasteiger partial charge in [0.1, 0.15) is 11.4 Å². The van der Waals surface area contributed by atoms with Crippen molar-refractivity contribution < 1.29 is 9.50 Å². The average Bonchev–Trinajstić information content (AvgIpc) is 2.60. The van der Waals surface area contributed by atoms with Gasteiger partial charge in [0.25, 0.3) is 5.56 Å². The minimum absolute atomic E-state index is 0.0408. The number of nitrogens with zero attached hydrogens (tertiary/aromatic N) is 2. The van der Waals surface area contributed by atoms with Crippen molar-refractivity contribution in [3.05, 3.63) is 86.3 Å². The molecule has 0 aliphatic rings. The summed E-state index contributed by atoms with van der Waals surface area (Å²) in [7, 11) is 0. The van der Waals surface area contributed by atoms with Crippen LogP contribution in [0.25, 0.3) is 0 Å². The smallest absolute Gasteiger partial charge is 0.331 e. The number of aliphatic imine (C=N–C) groups is 1. The first-order valence-corrected chi connectivity index (χ1v) is 7.64. The van der Waals surface area contributed by atoms with E-state index in [9.17, 15) is 19.1 Å². The Balaban J connectivity index is 2.00. The van der Waals surface area contributed by atoms with Gasteiger partial charge >= 0.3 is 5.69 Å². The van der Waals surface area contributed by atoms with Crippen LogP contribution in [0.1, 0.15) is 11.1 Å². The molecule has 2 aromatic carbocycles. The summed E-state index contributed by atoms with van der Waals surface area (Å²) in [4.78, 5) is 30.2. The van der Waals surface area contributed by atoms with Gasteiger partial charge in [-0.2, -0.15) is 0 Å². The van der Waals surface area contributed by atoms with E-state index < -0.39 is 22.9 Å². The van der Waals surface area contributed by atoms with E-state index in [0.29, 0.717) is 16.9 Å². The van der Waals surface area contributed by atoms with Gasteiger partial charge in [-0.25, -0.2) is 9.18 Å². The third kappa shape index (κ3) is 3.69. The first-order chi connectivity index (χ1) is 12.4. The monoisotopic (exact) mass is 354 g/mol. The van der Waals surface area contributed by atoms with Gasteiger partial charge in [0, 0.05) is 11.9 Å². The Morgan fingerprint density at radius 1 is 1.19 bits per heavy atom. The number of hydrogen-bond acceptors (Lipinski definition) is 5. The van der Waals surface area contributed by atoms with Gasteiger partial charge < -0.3 is 10.8 Å². The molecule has 3 aromatic rings. The highest BCUT2D eigenvalue weighted by molar-refractivity contribution is 5.84. The van der Waals surface area contributed by atoms with Crippen molar-refractivity contribution in [1.29, 1.82) is 0 Å². The molecule has 26 heavy (non-hydrogen) atoms. The number of nitrogen functional groups attached to an aromatic ring is 1. The molecular formula is C18H15FN4O3. The number of aromatic amines is 1. The third-order valence-corrected chi connectivity index (χ3v) is 3.67. The molecule has 1 heterocycles. The first-order valence-electron chi connectivity index (χ1n) is 7.64. The molecule has 0 saturated heterocycles. The molecule has 4 N–H and O–H groups in total. The van der Waals surface area contributed by atoms with E-state index in [1.807, 2.05) is 0 Å². The van der Waals surface area contributed by atoms with E-state index >= 15 is 0 Å². The third-order valence-electron chi connectivity index (χ3n) is 3.67. The van der Waals surface area contributed by atoms with Crippen LogP contribution in [0, 0.1) is 5.82 Å². The van der Waals surface area contributed by atoms with Crippen LogP contribution in [-0.2, 0) is 6.54 Å². The maximum Gasteiger partial charge on any atom is 0.331 e. The van der Waals surface area contributed by atoms with Crippen LogP contribution >= 0.6 is 0 Å². The summed E-state index contributed by atoms with van der Waals surface area (Å²) in [6.45, 7) is -0.0408. The van der Waals surface area contributed by atoms with Gasteiger partial charge in [0.2, 0.25) is 5.88 Å². The number of rotatable bonds is 4. The van der Waals surface area contributed by atoms with Crippen LogP contribution in [-0.4, -0.2) is 20.9 Å². The normalized spacial score (nSPS) is 11.1. The van der Waals surface area contributed by atoms with Gasteiger partial charge in [0.05, 0.1) is 12.2 Å². The lowest BCUT2D eigenvalue weighted by Crippen LogP contribution is -2.32. The Bertz CT molecular complexity index is 1080. The summed E-state index contributed by atoms with van der Waals surface area (Å²) < 4.78 is 14.0. The predicted octanol–water partition coefficient (Wildman–Crippen LogP) is 1.76. The number of aromatic nitrogens is 2. The second kappa shape index (κ2) is 7.06. The average molecular weight is 354 g/mol. The number of aromatic hydroxyl groups is 1. The molecule has 0 atom stereocenters. The number of H-pyrrole nitrogens is 1. The molecule has 0 aliphatic heterocycles. The minimum Gasteiger partial charge on any atom is -0.494 e. The SMILES string of the molecule is Nc1cccc(N=Cc2c(O)n(Cc3ccc(F)cc3)c(=O)[nH]c2=O)c1. The van der Waals surface area contributed by atoms with E-state index in [1.165, 1.54) is 24.3 Å². The molecule has 0 unspecified atom stereocenters. The predicted molar refractivity (Wildman–Crippen MR) is 96.6 cm³/mol. The fourth-order valence-electron chi connectivity index (χ4n) is 2.35. The molecule has 0 amide bonds. The first kappa shape index (κ1) is 17.2. The molecule has 1 aromatic heterocycles. The lowest BCUT2D eigenvalue weighted by Gasteiger charge is -2.09. The van der Waals surface area contributed by atoms with Crippen LogP contribution in [0.2, 0.25) is 0 Å². The number of hydrogen-bond donors (Lipinski definition) is 3. The Hall–Kier alpha value is -3.68. The highest BCUT2D eigenvalue weighted by Gasteiger charge is 2.13. The van der Waals surface area contributed by atoms with E-state index in [-0.39, 0.29) is 12.1 Å². The van der Waals surface area contributed by atoms with Gasteiger partial charge in [-0.3, -0.25) is 19.3 Å². The van der Waals surface area contributed by atoms with Crippen molar-refractivity contribution >= 4 is 17.6 Å². The molecule has 0 aliphatic carbocycles. The van der Waals surface area contributed by atoms with Gasteiger partial charge in [0.15, 0.2) is 0 Å². The van der Waals surface area contributed by atoms with Crippen molar-refractivity contribution in [3.63, 3.8) is 0 Å². The van der Waals surface area contributed by atoms with Crippen LogP contribution in [0.15, 0.2) is 63.1 Å². The van der Waals surface area contributed by atoms with Crippen molar-refractivity contribution in [2.45, 2.75) is 6.54 Å². The molecule has 0 fully saturated rings. The summed E-state index contributed by atoms with van der Waals surface area (Å²) in [6.07, 6.45) is 1.16. The summed E-state index contributed by atoms with van der Waals surface area (Å²) in [5.41, 5.74) is 5.51. The maximum atomic E-state index is 13.0. The summed E-state index contributed by atoms with van der Waals surface area (Å²) in [5, 5.41) is 10.4. The maximum absolute atomic E-state index is 13.0. The standard InChI is InChI=1S/C18H15FN4O3/c19-12-6-4-11(5-7-12)10-23-17(25)15(16(24)22-18(23)26)9-21-14-3-1-2-13(20)8-14/h1-9,25H,10,20H2,(H,22,24,26). The Kier molecular flexibility index (Phi) is 4.66. The number of halogens is 1. The topological polar surface area (TPSA) is 113 Å². The number of benzene rings is 2. The second-order valence-electron chi connectivity index (χ2n) is 5.56. The minimum atomic E-state index is -0.780. The summed E-state index contributed by atoms with van der Waals surface area (Å²) in [5.74, 6) is -0.947. The molecule has 0 radical (unpaired) electrons. The molecule has 0 saturated carbocycles. The van der Waals surface area contributed by atoms with Gasteiger partial charge in [-0.05, 0) is 35.9 Å². The van der Waals surface area contributed by atoms with Gasteiger partial charge in [-0.15, -0.1) is 0 Å².